The second-order valence-corrected chi connectivity index (χ2v) is 6.29. The first kappa shape index (κ1) is 20.3. The average molecular weight is 410 g/mol. The molecular formula is C17H17F3N6O3. The molecule has 3 rings (SSSR count). The van der Waals surface area contributed by atoms with Crippen LogP contribution in [-0.4, -0.2) is 37.7 Å². The van der Waals surface area contributed by atoms with E-state index in [4.69, 9.17) is 4.52 Å². The maximum atomic E-state index is 12.1. The lowest BCUT2D eigenvalue weighted by molar-refractivity contribution is -0.144. The smallest absolute Gasteiger partial charge is 0.364 e. The lowest BCUT2D eigenvalue weighted by Crippen LogP contribution is -2.24. The molecule has 154 valence electrons. The molecule has 2 N–H and O–H groups in total. The Labute approximate surface area is 162 Å². The van der Waals surface area contributed by atoms with E-state index in [0.29, 0.717) is 28.2 Å². The van der Waals surface area contributed by atoms with Gasteiger partial charge >= 0.3 is 6.18 Å². The van der Waals surface area contributed by atoms with E-state index in [-0.39, 0.29) is 19.0 Å². The number of amides is 2. The van der Waals surface area contributed by atoms with Crippen LogP contribution < -0.4 is 10.6 Å². The zero-order valence-electron chi connectivity index (χ0n) is 15.3. The van der Waals surface area contributed by atoms with Gasteiger partial charge in [-0.25, -0.2) is 9.50 Å². The summed E-state index contributed by atoms with van der Waals surface area (Å²) in [6, 6.07) is 1.65. The second-order valence-electron chi connectivity index (χ2n) is 6.29. The lowest BCUT2D eigenvalue weighted by atomic mass is 10.2. The van der Waals surface area contributed by atoms with Crippen LogP contribution in [0, 0.1) is 6.92 Å². The Hall–Kier alpha value is -3.44. The second kappa shape index (κ2) is 8.29. The molecule has 0 atom stereocenters. The van der Waals surface area contributed by atoms with Crippen molar-refractivity contribution >= 4 is 17.5 Å². The van der Waals surface area contributed by atoms with Crippen molar-refractivity contribution in [3.8, 4) is 0 Å². The van der Waals surface area contributed by atoms with Gasteiger partial charge in [0.25, 0.3) is 5.91 Å². The monoisotopic (exact) mass is 410 g/mol. The number of carbonyl (C=O) groups is 2. The van der Waals surface area contributed by atoms with Gasteiger partial charge in [0, 0.05) is 13.0 Å². The normalized spacial score (nSPS) is 11.6. The standard InChI is InChI=1S/C17H17F3N6O3/c1-10-13(9-29-25-10)16(28)22-7-12-8-26-14(24-12)4-11(6-23-26)5-21-15(27)2-3-17(18,19)20/h4,6,8-9H,2-3,5,7H2,1H3,(H,21,27)(H,22,28). The van der Waals surface area contributed by atoms with Crippen LogP contribution in [0.1, 0.15) is 40.2 Å². The van der Waals surface area contributed by atoms with Crippen LogP contribution in [0.3, 0.4) is 0 Å². The Balaban J connectivity index is 1.56. The Kier molecular flexibility index (Phi) is 5.80. The highest BCUT2D eigenvalue weighted by molar-refractivity contribution is 5.94. The third-order valence-corrected chi connectivity index (χ3v) is 3.98. The number of nitrogens with one attached hydrogen (secondary N) is 2. The average Bonchev–Trinajstić information content (AvgIpc) is 3.27. The van der Waals surface area contributed by atoms with Crippen LogP contribution in [0.4, 0.5) is 13.2 Å². The molecule has 0 bridgehead atoms. The number of fused-ring (bicyclic) bond motifs is 1. The Morgan fingerprint density at radius 2 is 2.03 bits per heavy atom. The highest BCUT2D eigenvalue weighted by Gasteiger charge is 2.27. The van der Waals surface area contributed by atoms with Gasteiger partial charge in [0.05, 0.1) is 36.7 Å². The van der Waals surface area contributed by atoms with Crippen molar-refractivity contribution in [2.75, 3.05) is 0 Å². The molecule has 3 heterocycles. The van der Waals surface area contributed by atoms with Gasteiger partial charge in [0.1, 0.15) is 11.8 Å². The summed E-state index contributed by atoms with van der Waals surface area (Å²) in [7, 11) is 0. The fraction of sp³-hybridized carbons (Fsp3) is 0.353. The highest BCUT2D eigenvalue weighted by Crippen LogP contribution is 2.21. The molecule has 0 unspecified atom stereocenters. The summed E-state index contributed by atoms with van der Waals surface area (Å²) in [6.45, 7) is 1.83. The lowest BCUT2D eigenvalue weighted by Gasteiger charge is -2.07. The van der Waals surface area contributed by atoms with E-state index in [0.717, 1.165) is 0 Å². The number of aryl methyl sites for hydroxylation is 1. The number of hydrogen-bond acceptors (Lipinski definition) is 6. The first-order chi connectivity index (χ1) is 13.7. The number of rotatable bonds is 7. The predicted molar refractivity (Wildman–Crippen MR) is 92.5 cm³/mol. The van der Waals surface area contributed by atoms with Gasteiger partial charge in [0.15, 0.2) is 5.65 Å². The van der Waals surface area contributed by atoms with E-state index in [1.165, 1.54) is 17.0 Å². The van der Waals surface area contributed by atoms with Crippen LogP contribution in [0.25, 0.3) is 5.65 Å². The highest BCUT2D eigenvalue weighted by atomic mass is 19.4. The van der Waals surface area contributed by atoms with E-state index in [1.54, 1.807) is 19.2 Å². The van der Waals surface area contributed by atoms with Gasteiger partial charge < -0.3 is 15.2 Å². The van der Waals surface area contributed by atoms with E-state index in [9.17, 15) is 22.8 Å². The van der Waals surface area contributed by atoms with Crippen molar-refractivity contribution in [1.29, 1.82) is 0 Å². The van der Waals surface area contributed by atoms with Crippen LogP contribution >= 0.6 is 0 Å². The van der Waals surface area contributed by atoms with Crippen molar-refractivity contribution in [2.24, 2.45) is 0 Å². The minimum Gasteiger partial charge on any atom is -0.364 e. The molecule has 12 heteroatoms. The van der Waals surface area contributed by atoms with Gasteiger partial charge in [0.2, 0.25) is 5.91 Å². The summed E-state index contributed by atoms with van der Waals surface area (Å²) in [6.07, 6.45) is -1.81. The topological polar surface area (TPSA) is 114 Å². The van der Waals surface area contributed by atoms with Crippen LogP contribution in [-0.2, 0) is 17.9 Å². The van der Waals surface area contributed by atoms with Gasteiger partial charge in [-0.15, -0.1) is 0 Å². The van der Waals surface area contributed by atoms with E-state index in [1.807, 2.05) is 0 Å². The maximum Gasteiger partial charge on any atom is 0.389 e. The summed E-state index contributed by atoms with van der Waals surface area (Å²) < 4.78 is 42.6. The molecule has 9 nitrogen and oxygen atoms in total. The quantitative estimate of drug-likeness (QED) is 0.615. The zero-order chi connectivity index (χ0) is 21.0. The Morgan fingerprint density at radius 1 is 1.24 bits per heavy atom. The van der Waals surface area contributed by atoms with E-state index in [2.05, 4.69) is 25.9 Å². The molecule has 0 saturated carbocycles. The summed E-state index contributed by atoms with van der Waals surface area (Å²) in [5, 5.41) is 12.9. The maximum absolute atomic E-state index is 12.1. The molecular weight excluding hydrogens is 393 g/mol. The van der Waals surface area contributed by atoms with Crippen molar-refractivity contribution < 1.29 is 27.3 Å². The molecule has 0 fully saturated rings. The van der Waals surface area contributed by atoms with Crippen molar-refractivity contribution in [3.63, 3.8) is 0 Å². The number of imidazole rings is 1. The Morgan fingerprint density at radius 3 is 2.72 bits per heavy atom. The number of carbonyl (C=O) groups excluding carboxylic acids is 2. The molecule has 0 aromatic carbocycles. The number of halogens is 3. The number of alkyl halides is 3. The molecule has 29 heavy (non-hydrogen) atoms. The molecule has 0 spiro atoms. The van der Waals surface area contributed by atoms with Crippen molar-refractivity contribution in [1.82, 2.24) is 30.4 Å². The fourth-order valence-electron chi connectivity index (χ4n) is 2.47. The number of nitrogens with zero attached hydrogens (tertiary/aromatic N) is 4. The van der Waals surface area contributed by atoms with Gasteiger partial charge in [-0.05, 0) is 18.6 Å². The van der Waals surface area contributed by atoms with Crippen LogP contribution in [0.2, 0.25) is 0 Å². The molecule has 0 aliphatic heterocycles. The van der Waals surface area contributed by atoms with Crippen LogP contribution in [0.5, 0.6) is 0 Å². The van der Waals surface area contributed by atoms with Crippen LogP contribution in [0.15, 0.2) is 29.2 Å². The van der Waals surface area contributed by atoms with Gasteiger partial charge in [-0.2, -0.15) is 18.3 Å². The molecule has 0 saturated heterocycles. The third-order valence-electron chi connectivity index (χ3n) is 3.98. The SMILES string of the molecule is Cc1nocc1C(=O)NCc1cn2ncc(CNC(=O)CCC(F)(F)F)cc2n1. The van der Waals surface area contributed by atoms with Crippen molar-refractivity contribution in [2.45, 2.75) is 39.0 Å². The summed E-state index contributed by atoms with van der Waals surface area (Å²) in [5.74, 6) is -1.05. The van der Waals surface area contributed by atoms with Crippen molar-refractivity contribution in [3.05, 3.63) is 47.2 Å². The summed E-state index contributed by atoms with van der Waals surface area (Å²) >= 11 is 0. The van der Waals surface area contributed by atoms with Gasteiger partial charge in [-0.1, -0.05) is 5.16 Å². The molecule has 0 radical (unpaired) electrons. The van der Waals surface area contributed by atoms with E-state index < -0.39 is 24.9 Å². The molecule has 3 aromatic rings. The summed E-state index contributed by atoms with van der Waals surface area (Å²) in [4.78, 5) is 27.9. The zero-order valence-corrected chi connectivity index (χ0v) is 15.3. The first-order valence-corrected chi connectivity index (χ1v) is 8.57. The summed E-state index contributed by atoms with van der Waals surface area (Å²) in [5.41, 5.74) is 2.40. The number of aromatic nitrogens is 4. The largest absolute Gasteiger partial charge is 0.389 e. The molecule has 2 amide bonds. The fourth-order valence-corrected chi connectivity index (χ4v) is 2.47. The molecule has 3 aromatic heterocycles. The molecule has 0 aliphatic carbocycles. The first-order valence-electron chi connectivity index (χ1n) is 8.57. The number of hydrogen-bond donors (Lipinski definition) is 2. The minimum absolute atomic E-state index is 0.0336. The van der Waals surface area contributed by atoms with Gasteiger partial charge in [-0.3, -0.25) is 9.59 Å². The minimum atomic E-state index is -4.37. The predicted octanol–water partition coefficient (Wildman–Crippen LogP) is 1.91. The molecule has 0 aliphatic rings. The van der Waals surface area contributed by atoms with E-state index >= 15 is 0 Å². The Bertz CT molecular complexity index is 1030. The third kappa shape index (κ3) is 5.53.